The molecule has 3 heteroatoms. The van der Waals surface area contributed by atoms with Crippen molar-refractivity contribution >= 4 is 22.5 Å². The first-order valence-electron chi connectivity index (χ1n) is 5.70. The highest BCUT2D eigenvalue weighted by atomic mass is 35.5. The van der Waals surface area contributed by atoms with Gasteiger partial charge in [-0.15, -0.1) is 0 Å². The molecule has 0 aliphatic heterocycles. The van der Waals surface area contributed by atoms with E-state index in [0.717, 1.165) is 27.2 Å². The van der Waals surface area contributed by atoms with Crippen LogP contribution in [0.4, 0.5) is 0 Å². The largest absolute Gasteiger partial charge is 0.380 e. The number of aromatic nitrogens is 1. The van der Waals surface area contributed by atoms with Gasteiger partial charge >= 0.3 is 0 Å². The smallest absolute Gasteiger partial charge is 0.0775 e. The highest BCUT2D eigenvalue weighted by molar-refractivity contribution is 6.35. The van der Waals surface area contributed by atoms with E-state index in [9.17, 15) is 0 Å². The molecule has 0 bridgehead atoms. The molecule has 1 heterocycles. The maximum absolute atomic E-state index is 6.30. The van der Waals surface area contributed by atoms with Gasteiger partial charge in [-0.2, -0.15) is 0 Å². The Morgan fingerprint density at radius 2 is 2.12 bits per heavy atom. The minimum atomic E-state index is 0.368. The summed E-state index contributed by atoms with van der Waals surface area (Å²) >= 11 is 6.30. The molecule has 0 radical (unpaired) electrons. The van der Waals surface area contributed by atoms with Crippen LogP contribution in [-0.2, 0) is 11.3 Å². The molecule has 0 N–H and O–H groups in total. The average Bonchev–Trinajstić information content (AvgIpc) is 2.30. The summed E-state index contributed by atoms with van der Waals surface area (Å²) in [6, 6.07) is 7.96. The van der Waals surface area contributed by atoms with E-state index in [1.165, 1.54) is 0 Å². The molecule has 2 aromatic rings. The summed E-state index contributed by atoms with van der Waals surface area (Å²) < 4.78 is 5.19. The first-order chi connectivity index (χ1) is 8.13. The van der Waals surface area contributed by atoms with Crippen molar-refractivity contribution in [2.45, 2.75) is 26.4 Å². The molecule has 1 aromatic heterocycles. The molecule has 0 atom stereocenters. The van der Waals surface area contributed by atoms with Crippen molar-refractivity contribution in [1.82, 2.24) is 4.98 Å². The summed E-state index contributed by atoms with van der Waals surface area (Å²) in [6.45, 7) is 4.79. The number of hydrogen-bond acceptors (Lipinski definition) is 2. The summed E-state index contributed by atoms with van der Waals surface area (Å²) in [6.07, 6.45) is 0. The molecule has 0 spiro atoms. The van der Waals surface area contributed by atoms with Crippen molar-refractivity contribution in [3.05, 3.63) is 40.5 Å². The summed E-state index contributed by atoms with van der Waals surface area (Å²) in [5.41, 5.74) is 3.05. The molecule has 0 saturated heterocycles. The molecule has 0 amide bonds. The van der Waals surface area contributed by atoms with E-state index in [1.807, 2.05) is 24.3 Å². The zero-order valence-corrected chi connectivity index (χ0v) is 11.1. The molecule has 0 saturated carbocycles. The maximum atomic E-state index is 6.30. The van der Waals surface area contributed by atoms with E-state index < -0.39 is 0 Å². The predicted molar refractivity (Wildman–Crippen MR) is 71.6 cm³/mol. The van der Waals surface area contributed by atoms with E-state index in [-0.39, 0.29) is 0 Å². The second kappa shape index (κ2) is 5.03. The summed E-state index contributed by atoms with van der Waals surface area (Å²) in [5, 5.41) is 1.75. The minimum Gasteiger partial charge on any atom is -0.380 e. The van der Waals surface area contributed by atoms with Crippen LogP contribution in [0, 0.1) is 0 Å². The first kappa shape index (κ1) is 12.3. The van der Waals surface area contributed by atoms with E-state index in [2.05, 4.69) is 18.8 Å². The van der Waals surface area contributed by atoms with Crippen LogP contribution in [0.3, 0.4) is 0 Å². The molecule has 0 fully saturated rings. The lowest BCUT2D eigenvalue weighted by Crippen LogP contribution is -1.97. The van der Waals surface area contributed by atoms with Crippen LogP contribution in [0.2, 0.25) is 5.02 Å². The van der Waals surface area contributed by atoms with Crippen LogP contribution in [-0.4, -0.2) is 12.1 Å². The number of fused-ring (bicyclic) bond motifs is 1. The number of rotatable bonds is 3. The van der Waals surface area contributed by atoms with Gasteiger partial charge in [0, 0.05) is 23.8 Å². The van der Waals surface area contributed by atoms with Crippen LogP contribution in [0.5, 0.6) is 0 Å². The van der Waals surface area contributed by atoms with Gasteiger partial charge in [-0.1, -0.05) is 43.6 Å². The van der Waals surface area contributed by atoms with Crippen LogP contribution in [0.1, 0.15) is 31.0 Å². The second-order valence-electron chi connectivity index (χ2n) is 4.43. The standard InChI is InChI=1S/C14H16ClNO/c1-9(2)13-7-12(15)11-6-4-5-10(8-17-3)14(11)16-13/h4-7,9H,8H2,1-3H3. The third-order valence-electron chi connectivity index (χ3n) is 2.78. The van der Waals surface area contributed by atoms with Gasteiger partial charge in [-0.05, 0) is 12.0 Å². The third-order valence-corrected chi connectivity index (χ3v) is 3.10. The fraction of sp³-hybridized carbons (Fsp3) is 0.357. The van der Waals surface area contributed by atoms with Crippen LogP contribution in [0.15, 0.2) is 24.3 Å². The number of pyridine rings is 1. The minimum absolute atomic E-state index is 0.368. The maximum Gasteiger partial charge on any atom is 0.0775 e. The number of methoxy groups -OCH3 is 1. The van der Waals surface area contributed by atoms with Crippen molar-refractivity contribution in [3.8, 4) is 0 Å². The number of para-hydroxylation sites is 1. The highest BCUT2D eigenvalue weighted by Gasteiger charge is 2.09. The van der Waals surface area contributed by atoms with Crippen LogP contribution >= 0.6 is 11.6 Å². The fourth-order valence-electron chi connectivity index (χ4n) is 1.85. The lowest BCUT2D eigenvalue weighted by atomic mass is 10.1. The molecular formula is C14H16ClNO. The monoisotopic (exact) mass is 249 g/mol. The van der Waals surface area contributed by atoms with E-state index in [0.29, 0.717) is 12.5 Å². The van der Waals surface area contributed by atoms with E-state index in [4.69, 9.17) is 16.3 Å². The Morgan fingerprint density at radius 1 is 1.35 bits per heavy atom. The van der Waals surface area contributed by atoms with Crippen molar-refractivity contribution in [2.75, 3.05) is 7.11 Å². The summed E-state index contributed by atoms with van der Waals surface area (Å²) in [4.78, 5) is 4.69. The van der Waals surface area contributed by atoms with Crippen molar-refractivity contribution < 1.29 is 4.74 Å². The van der Waals surface area contributed by atoms with Gasteiger partial charge in [-0.3, -0.25) is 4.98 Å². The molecule has 1 aromatic carbocycles. The highest BCUT2D eigenvalue weighted by Crippen LogP contribution is 2.28. The molecule has 17 heavy (non-hydrogen) atoms. The molecular weight excluding hydrogens is 234 g/mol. The van der Waals surface area contributed by atoms with E-state index in [1.54, 1.807) is 7.11 Å². The number of ether oxygens (including phenoxy) is 1. The Kier molecular flexibility index (Phi) is 3.65. The van der Waals surface area contributed by atoms with Crippen molar-refractivity contribution in [2.24, 2.45) is 0 Å². The number of hydrogen-bond donors (Lipinski definition) is 0. The molecule has 0 aliphatic rings. The zero-order valence-electron chi connectivity index (χ0n) is 10.3. The lowest BCUT2D eigenvalue weighted by Gasteiger charge is -2.11. The normalized spacial score (nSPS) is 11.4. The lowest BCUT2D eigenvalue weighted by molar-refractivity contribution is 0.186. The van der Waals surface area contributed by atoms with Crippen LogP contribution in [0.25, 0.3) is 10.9 Å². The van der Waals surface area contributed by atoms with Gasteiger partial charge in [-0.25, -0.2) is 0 Å². The third kappa shape index (κ3) is 2.43. The number of halogens is 1. The SMILES string of the molecule is COCc1cccc2c(Cl)cc(C(C)C)nc12. The fourth-order valence-corrected chi connectivity index (χ4v) is 2.12. The Morgan fingerprint density at radius 3 is 2.76 bits per heavy atom. The molecule has 2 rings (SSSR count). The molecule has 90 valence electrons. The number of nitrogens with zero attached hydrogens (tertiary/aromatic N) is 1. The summed E-state index contributed by atoms with van der Waals surface area (Å²) in [5.74, 6) is 0.368. The van der Waals surface area contributed by atoms with Crippen molar-refractivity contribution in [3.63, 3.8) is 0 Å². The van der Waals surface area contributed by atoms with Gasteiger partial charge in [0.15, 0.2) is 0 Å². The van der Waals surface area contributed by atoms with Gasteiger partial charge < -0.3 is 4.74 Å². The molecule has 0 aliphatic carbocycles. The Balaban J connectivity index is 2.69. The zero-order chi connectivity index (χ0) is 12.4. The molecule has 2 nitrogen and oxygen atoms in total. The number of benzene rings is 1. The Bertz CT molecular complexity index is 537. The van der Waals surface area contributed by atoms with Gasteiger partial charge in [0.25, 0.3) is 0 Å². The predicted octanol–water partition coefficient (Wildman–Crippen LogP) is 4.16. The first-order valence-corrected chi connectivity index (χ1v) is 6.08. The average molecular weight is 250 g/mol. The van der Waals surface area contributed by atoms with E-state index >= 15 is 0 Å². The van der Waals surface area contributed by atoms with Crippen molar-refractivity contribution in [1.29, 1.82) is 0 Å². The second-order valence-corrected chi connectivity index (χ2v) is 4.84. The Hall–Kier alpha value is -1.12. The van der Waals surface area contributed by atoms with Gasteiger partial charge in [0.05, 0.1) is 17.1 Å². The summed E-state index contributed by atoms with van der Waals surface area (Å²) in [7, 11) is 1.69. The molecule has 0 unspecified atom stereocenters. The van der Waals surface area contributed by atoms with Gasteiger partial charge in [0.2, 0.25) is 0 Å². The quantitative estimate of drug-likeness (QED) is 0.815. The Labute approximate surface area is 107 Å². The topological polar surface area (TPSA) is 22.1 Å². The van der Waals surface area contributed by atoms with Gasteiger partial charge in [0.1, 0.15) is 0 Å². The van der Waals surface area contributed by atoms with Crippen LogP contribution < -0.4 is 0 Å².